The van der Waals surface area contributed by atoms with Gasteiger partial charge >= 0.3 is 0 Å². The highest BCUT2D eigenvalue weighted by molar-refractivity contribution is 7.99. The van der Waals surface area contributed by atoms with E-state index in [4.69, 9.17) is 0 Å². The molecule has 2 atom stereocenters. The lowest BCUT2D eigenvalue weighted by molar-refractivity contribution is 0.288. The molecular weight excluding hydrogens is 222 g/mol. The predicted octanol–water partition coefficient (Wildman–Crippen LogP) is 1.62. The van der Waals surface area contributed by atoms with Gasteiger partial charge in [-0.2, -0.15) is 11.8 Å². The molecule has 0 fully saturated rings. The number of nitrogens with one attached hydrogen (secondary N) is 1. The minimum Gasteiger partial charge on any atom is -0.395 e. The van der Waals surface area contributed by atoms with Gasteiger partial charge < -0.3 is 10.4 Å². The number of anilines is 1. The third kappa shape index (κ3) is 3.35. The number of nitrogens with zero attached hydrogens (tertiary/aromatic N) is 2. The summed E-state index contributed by atoms with van der Waals surface area (Å²) in [5.74, 6) is 0.767. The molecule has 0 bridgehead atoms. The van der Waals surface area contributed by atoms with Crippen LogP contribution in [0.1, 0.15) is 18.3 Å². The summed E-state index contributed by atoms with van der Waals surface area (Å²) in [6, 6.07) is 0.163. The van der Waals surface area contributed by atoms with Crippen LogP contribution in [0.5, 0.6) is 0 Å². The topological polar surface area (TPSA) is 58.0 Å². The zero-order valence-corrected chi connectivity index (χ0v) is 11.0. The summed E-state index contributed by atoms with van der Waals surface area (Å²) in [5.41, 5.74) is 1.88. The van der Waals surface area contributed by atoms with E-state index in [0.717, 1.165) is 17.2 Å². The maximum absolute atomic E-state index is 9.18. The van der Waals surface area contributed by atoms with Crippen LogP contribution in [-0.4, -0.2) is 39.2 Å². The lowest BCUT2D eigenvalue weighted by atomic mass is 10.2. The van der Waals surface area contributed by atoms with Crippen molar-refractivity contribution in [1.82, 2.24) is 9.97 Å². The normalized spacial score (nSPS) is 14.6. The number of rotatable bonds is 5. The number of thioether (sulfide) groups is 1. The van der Waals surface area contributed by atoms with E-state index in [1.54, 1.807) is 18.0 Å². The van der Waals surface area contributed by atoms with Gasteiger partial charge in [0.15, 0.2) is 0 Å². The fraction of sp³-hybridized carbons (Fsp3) is 0.636. The van der Waals surface area contributed by atoms with Crippen molar-refractivity contribution in [3.05, 3.63) is 17.6 Å². The van der Waals surface area contributed by atoms with Gasteiger partial charge in [-0.1, -0.05) is 0 Å². The van der Waals surface area contributed by atoms with Crippen LogP contribution in [0, 0.1) is 13.8 Å². The molecule has 1 heterocycles. The minimum atomic E-state index is 0.160. The van der Waals surface area contributed by atoms with Crippen molar-refractivity contribution in [2.24, 2.45) is 0 Å². The second-order valence-electron chi connectivity index (χ2n) is 3.82. The first-order valence-corrected chi connectivity index (χ1v) is 6.57. The van der Waals surface area contributed by atoms with Gasteiger partial charge in [-0.05, 0) is 27.0 Å². The molecule has 5 heteroatoms. The molecule has 4 nitrogen and oxygen atoms in total. The molecule has 2 N–H and O–H groups in total. The molecule has 2 unspecified atom stereocenters. The summed E-state index contributed by atoms with van der Waals surface area (Å²) >= 11 is 1.64. The van der Waals surface area contributed by atoms with E-state index >= 15 is 0 Å². The van der Waals surface area contributed by atoms with Gasteiger partial charge in [0.05, 0.1) is 24.2 Å². The monoisotopic (exact) mass is 241 g/mol. The van der Waals surface area contributed by atoms with Crippen molar-refractivity contribution in [3.63, 3.8) is 0 Å². The van der Waals surface area contributed by atoms with Crippen LogP contribution in [-0.2, 0) is 0 Å². The Kier molecular flexibility index (Phi) is 5.02. The van der Waals surface area contributed by atoms with Gasteiger partial charge in [0.2, 0.25) is 0 Å². The number of aryl methyl sites for hydroxylation is 2. The van der Waals surface area contributed by atoms with Crippen molar-refractivity contribution >= 4 is 17.6 Å². The molecular formula is C11H19N3OS. The largest absolute Gasteiger partial charge is 0.395 e. The molecule has 0 spiro atoms. The van der Waals surface area contributed by atoms with Gasteiger partial charge in [-0.3, -0.25) is 4.98 Å². The van der Waals surface area contributed by atoms with Crippen LogP contribution in [0.15, 0.2) is 6.20 Å². The summed E-state index contributed by atoms with van der Waals surface area (Å²) in [7, 11) is 0. The number of hydrogen-bond donors (Lipinski definition) is 2. The van der Waals surface area contributed by atoms with Crippen LogP contribution in [0.2, 0.25) is 0 Å². The zero-order valence-electron chi connectivity index (χ0n) is 10.2. The molecule has 0 radical (unpaired) electrons. The van der Waals surface area contributed by atoms with E-state index in [1.165, 1.54) is 0 Å². The van der Waals surface area contributed by atoms with E-state index < -0.39 is 0 Å². The van der Waals surface area contributed by atoms with E-state index in [1.807, 2.05) is 27.0 Å². The standard InChI is InChI=1S/C11H19N3OS/c1-7-8(2)13-11(5-12-7)14-9(3)10(6-15)16-4/h5,9-10,15H,6H2,1-4H3,(H,13,14). The average molecular weight is 241 g/mol. The Bertz CT molecular complexity index is 342. The van der Waals surface area contributed by atoms with Gasteiger partial charge in [0.25, 0.3) is 0 Å². The Morgan fingerprint density at radius 2 is 2.12 bits per heavy atom. The third-order valence-electron chi connectivity index (χ3n) is 2.61. The van der Waals surface area contributed by atoms with E-state index in [9.17, 15) is 5.11 Å². The number of aliphatic hydroxyl groups excluding tert-OH is 1. The summed E-state index contributed by atoms with van der Waals surface area (Å²) in [6.45, 7) is 6.08. The first kappa shape index (κ1) is 13.3. The van der Waals surface area contributed by atoms with Gasteiger partial charge in [-0.15, -0.1) is 0 Å². The fourth-order valence-corrected chi connectivity index (χ4v) is 2.00. The average Bonchev–Trinajstić information content (AvgIpc) is 2.25. The van der Waals surface area contributed by atoms with E-state index in [0.29, 0.717) is 0 Å². The highest BCUT2D eigenvalue weighted by Gasteiger charge is 2.15. The summed E-state index contributed by atoms with van der Waals surface area (Å²) in [5, 5.41) is 12.6. The van der Waals surface area contributed by atoms with Crippen molar-refractivity contribution in [3.8, 4) is 0 Å². The van der Waals surface area contributed by atoms with Gasteiger partial charge in [0, 0.05) is 11.3 Å². The second-order valence-corrected chi connectivity index (χ2v) is 4.89. The molecule has 0 aliphatic carbocycles. The van der Waals surface area contributed by atoms with Crippen molar-refractivity contribution < 1.29 is 5.11 Å². The second kappa shape index (κ2) is 6.06. The van der Waals surface area contributed by atoms with Crippen LogP contribution in [0.4, 0.5) is 5.82 Å². The molecule has 0 saturated heterocycles. The van der Waals surface area contributed by atoms with Crippen LogP contribution < -0.4 is 5.32 Å². The maximum atomic E-state index is 9.18. The minimum absolute atomic E-state index is 0.160. The van der Waals surface area contributed by atoms with Crippen molar-refractivity contribution in [2.45, 2.75) is 32.1 Å². The lowest BCUT2D eigenvalue weighted by Crippen LogP contribution is -2.31. The van der Waals surface area contributed by atoms with Crippen LogP contribution in [0.3, 0.4) is 0 Å². The van der Waals surface area contributed by atoms with Gasteiger partial charge in [0.1, 0.15) is 5.82 Å². The Morgan fingerprint density at radius 3 is 2.62 bits per heavy atom. The van der Waals surface area contributed by atoms with Gasteiger partial charge in [-0.25, -0.2) is 4.98 Å². The Balaban J connectivity index is 2.69. The summed E-state index contributed by atoms with van der Waals surface area (Å²) < 4.78 is 0. The van der Waals surface area contributed by atoms with Crippen molar-refractivity contribution in [1.29, 1.82) is 0 Å². The SMILES string of the molecule is CSC(CO)C(C)Nc1cnc(C)c(C)n1. The molecule has 16 heavy (non-hydrogen) atoms. The summed E-state index contributed by atoms with van der Waals surface area (Å²) in [4.78, 5) is 8.65. The molecule has 1 aromatic rings. The highest BCUT2D eigenvalue weighted by Crippen LogP contribution is 2.15. The van der Waals surface area contributed by atoms with Crippen LogP contribution in [0.25, 0.3) is 0 Å². The molecule has 0 aliphatic heterocycles. The first-order chi connectivity index (χ1) is 7.58. The quantitative estimate of drug-likeness (QED) is 0.820. The van der Waals surface area contributed by atoms with Crippen molar-refractivity contribution in [2.75, 3.05) is 18.2 Å². The first-order valence-electron chi connectivity index (χ1n) is 5.29. The molecule has 0 aliphatic rings. The fourth-order valence-electron chi connectivity index (χ4n) is 1.37. The predicted molar refractivity (Wildman–Crippen MR) is 69.0 cm³/mol. The highest BCUT2D eigenvalue weighted by atomic mass is 32.2. The third-order valence-corrected chi connectivity index (χ3v) is 3.77. The molecule has 1 aromatic heterocycles. The molecule has 0 saturated carbocycles. The van der Waals surface area contributed by atoms with Crippen LogP contribution >= 0.6 is 11.8 Å². The maximum Gasteiger partial charge on any atom is 0.145 e. The lowest BCUT2D eigenvalue weighted by Gasteiger charge is -2.21. The molecule has 0 aromatic carbocycles. The Labute approximate surface area is 101 Å². The van der Waals surface area contributed by atoms with E-state index in [-0.39, 0.29) is 17.9 Å². The molecule has 1 rings (SSSR count). The molecule has 0 amide bonds. The number of hydrogen-bond acceptors (Lipinski definition) is 5. The Morgan fingerprint density at radius 1 is 1.44 bits per heavy atom. The summed E-state index contributed by atoms with van der Waals surface area (Å²) in [6.07, 6.45) is 3.72. The Hall–Kier alpha value is -0.810. The number of aliphatic hydroxyl groups is 1. The number of aromatic nitrogens is 2. The zero-order chi connectivity index (χ0) is 12.1. The smallest absolute Gasteiger partial charge is 0.145 e. The van der Waals surface area contributed by atoms with E-state index in [2.05, 4.69) is 15.3 Å². The molecule has 90 valence electrons.